The Kier molecular flexibility index (Phi) is 5.16. The second-order valence-corrected chi connectivity index (χ2v) is 6.74. The van der Waals surface area contributed by atoms with Crippen LogP contribution in [0.2, 0.25) is 0 Å². The first-order valence-electron chi connectivity index (χ1n) is 8.90. The number of piperidine rings is 1. The van der Waals surface area contributed by atoms with Gasteiger partial charge in [0.05, 0.1) is 6.04 Å². The van der Waals surface area contributed by atoms with E-state index in [1.165, 1.54) is 12.8 Å². The Bertz CT molecular complexity index is 509. The molecule has 1 saturated carbocycles. The van der Waals surface area contributed by atoms with Crippen molar-refractivity contribution in [3.63, 3.8) is 0 Å². The number of hydrogen-bond acceptors (Lipinski definition) is 3. The Morgan fingerprint density at radius 2 is 2.13 bits per heavy atom. The number of pyridine rings is 1. The van der Waals surface area contributed by atoms with E-state index in [1.54, 1.807) is 6.20 Å². The predicted molar refractivity (Wildman–Crippen MR) is 91.2 cm³/mol. The highest BCUT2D eigenvalue weighted by Crippen LogP contribution is 2.29. The summed E-state index contributed by atoms with van der Waals surface area (Å²) in [7, 11) is 0. The van der Waals surface area contributed by atoms with Crippen LogP contribution in [0.1, 0.15) is 51.1 Å². The first-order chi connectivity index (χ1) is 11.2. The molecule has 1 aliphatic carbocycles. The minimum absolute atomic E-state index is 0.0419. The summed E-state index contributed by atoms with van der Waals surface area (Å²) in [6.45, 7) is 7.04. The Labute approximate surface area is 139 Å². The molecule has 0 spiro atoms. The fraction of sp³-hybridized carbons (Fsp3) is 0.667. The molecule has 0 radical (unpaired) electrons. The van der Waals surface area contributed by atoms with Crippen LogP contribution in [-0.2, 0) is 0 Å². The molecule has 1 saturated heterocycles. The Morgan fingerprint density at radius 3 is 2.70 bits per heavy atom. The summed E-state index contributed by atoms with van der Waals surface area (Å²) in [6.07, 6.45) is 8.48. The molecule has 0 aromatic carbocycles. The van der Waals surface area contributed by atoms with Crippen LogP contribution < -0.4 is 5.32 Å². The number of urea groups is 1. The smallest absolute Gasteiger partial charge is 0.318 e. The van der Waals surface area contributed by atoms with Crippen LogP contribution in [0.25, 0.3) is 0 Å². The lowest BCUT2D eigenvalue weighted by molar-refractivity contribution is 0.159. The van der Waals surface area contributed by atoms with E-state index in [0.29, 0.717) is 12.6 Å². The van der Waals surface area contributed by atoms with Crippen molar-refractivity contribution in [3.05, 3.63) is 30.1 Å². The minimum Gasteiger partial charge on any atom is -0.335 e. The molecule has 1 aromatic rings. The van der Waals surface area contributed by atoms with Gasteiger partial charge in [-0.1, -0.05) is 6.07 Å². The number of hydrogen-bond donors (Lipinski definition) is 1. The number of carbonyl (C=O) groups excluding carboxylic acids is 1. The van der Waals surface area contributed by atoms with E-state index in [0.717, 1.165) is 37.5 Å². The maximum absolute atomic E-state index is 12.7. The summed E-state index contributed by atoms with van der Waals surface area (Å²) in [6, 6.07) is 5.19. The first kappa shape index (κ1) is 16.2. The second-order valence-electron chi connectivity index (χ2n) is 6.74. The zero-order chi connectivity index (χ0) is 16.2. The van der Waals surface area contributed by atoms with Crippen molar-refractivity contribution in [1.29, 1.82) is 0 Å². The molecule has 2 fully saturated rings. The molecule has 1 N–H and O–H groups in total. The van der Waals surface area contributed by atoms with Crippen molar-refractivity contribution >= 4 is 6.03 Å². The number of aromatic nitrogens is 1. The van der Waals surface area contributed by atoms with Gasteiger partial charge in [0.1, 0.15) is 0 Å². The van der Waals surface area contributed by atoms with E-state index in [-0.39, 0.29) is 12.1 Å². The van der Waals surface area contributed by atoms with Gasteiger partial charge in [-0.15, -0.1) is 0 Å². The normalized spacial score (nSPS) is 21.0. The monoisotopic (exact) mass is 316 g/mol. The highest BCUT2D eigenvalue weighted by atomic mass is 16.2. The molecule has 5 nitrogen and oxygen atoms in total. The molecular weight excluding hydrogens is 288 g/mol. The number of nitrogens with zero attached hydrogens (tertiary/aromatic N) is 3. The zero-order valence-corrected chi connectivity index (χ0v) is 14.2. The fourth-order valence-electron chi connectivity index (χ4n) is 3.50. The van der Waals surface area contributed by atoms with E-state index in [1.807, 2.05) is 30.2 Å². The molecule has 1 unspecified atom stereocenters. The standard InChI is InChI=1S/C18H28N4O/c1-3-22(14(2)15-5-4-10-19-13-15)18(23)20-16-8-11-21(12-9-16)17-6-7-17/h4-5,10,13-14,16-17H,3,6-9,11-12H2,1-2H3,(H,20,23). The van der Waals surface area contributed by atoms with E-state index < -0.39 is 0 Å². The van der Waals surface area contributed by atoms with Crippen LogP contribution in [0.4, 0.5) is 4.79 Å². The fourth-order valence-corrected chi connectivity index (χ4v) is 3.50. The molecule has 1 atom stereocenters. The third-order valence-electron chi connectivity index (χ3n) is 5.16. The lowest BCUT2D eigenvalue weighted by Gasteiger charge is -2.35. The van der Waals surface area contributed by atoms with Crippen LogP contribution in [0.3, 0.4) is 0 Å². The van der Waals surface area contributed by atoms with Crippen LogP contribution in [0.15, 0.2) is 24.5 Å². The largest absolute Gasteiger partial charge is 0.335 e. The van der Waals surface area contributed by atoms with E-state index >= 15 is 0 Å². The number of amides is 2. The van der Waals surface area contributed by atoms with Gasteiger partial charge in [-0.2, -0.15) is 0 Å². The summed E-state index contributed by atoms with van der Waals surface area (Å²) < 4.78 is 0. The van der Waals surface area contributed by atoms with E-state index in [9.17, 15) is 4.79 Å². The first-order valence-corrected chi connectivity index (χ1v) is 8.90. The molecule has 5 heteroatoms. The van der Waals surface area contributed by atoms with Gasteiger partial charge < -0.3 is 15.1 Å². The van der Waals surface area contributed by atoms with Gasteiger partial charge in [0.2, 0.25) is 0 Å². The van der Waals surface area contributed by atoms with Crippen molar-refractivity contribution in [2.24, 2.45) is 0 Å². The summed E-state index contributed by atoms with van der Waals surface area (Å²) in [5, 5.41) is 3.24. The van der Waals surface area contributed by atoms with Crippen molar-refractivity contribution in [3.8, 4) is 0 Å². The average Bonchev–Trinajstić information content (AvgIpc) is 3.42. The van der Waals surface area contributed by atoms with E-state index in [4.69, 9.17) is 0 Å². The van der Waals surface area contributed by atoms with Crippen LogP contribution in [0, 0.1) is 0 Å². The summed E-state index contributed by atoms with van der Waals surface area (Å²) in [5.74, 6) is 0. The van der Waals surface area contributed by atoms with E-state index in [2.05, 4.69) is 22.1 Å². The van der Waals surface area contributed by atoms with Crippen molar-refractivity contribution in [2.45, 2.75) is 57.7 Å². The third kappa shape index (κ3) is 4.02. The zero-order valence-electron chi connectivity index (χ0n) is 14.2. The molecule has 23 heavy (non-hydrogen) atoms. The molecule has 2 amide bonds. The highest BCUT2D eigenvalue weighted by Gasteiger charge is 2.32. The van der Waals surface area contributed by atoms with Crippen LogP contribution in [0.5, 0.6) is 0 Å². The SMILES string of the molecule is CCN(C(=O)NC1CCN(C2CC2)CC1)C(C)c1cccnc1. The topological polar surface area (TPSA) is 48.5 Å². The quantitative estimate of drug-likeness (QED) is 0.909. The van der Waals surface area contributed by atoms with Crippen molar-refractivity contribution < 1.29 is 4.79 Å². The Balaban J connectivity index is 1.53. The molecule has 0 bridgehead atoms. The summed E-state index contributed by atoms with van der Waals surface area (Å²) >= 11 is 0. The molecule has 2 heterocycles. The number of rotatable bonds is 5. The van der Waals surface area contributed by atoms with Gasteiger partial charge in [0.25, 0.3) is 0 Å². The number of nitrogens with one attached hydrogen (secondary N) is 1. The van der Waals surface area contributed by atoms with Gasteiger partial charge in [-0.3, -0.25) is 4.98 Å². The van der Waals surface area contributed by atoms with Gasteiger partial charge in [0.15, 0.2) is 0 Å². The maximum atomic E-state index is 12.7. The van der Waals surface area contributed by atoms with Crippen LogP contribution in [-0.4, -0.2) is 52.5 Å². The minimum atomic E-state index is 0.0419. The molecule has 1 aliphatic heterocycles. The molecule has 2 aliphatic rings. The van der Waals surface area contributed by atoms with Crippen molar-refractivity contribution in [2.75, 3.05) is 19.6 Å². The number of carbonyl (C=O) groups is 1. The van der Waals surface area contributed by atoms with Gasteiger partial charge in [-0.25, -0.2) is 4.79 Å². The van der Waals surface area contributed by atoms with Crippen LogP contribution >= 0.6 is 0 Å². The lowest BCUT2D eigenvalue weighted by Crippen LogP contribution is -2.50. The van der Waals surface area contributed by atoms with Gasteiger partial charge >= 0.3 is 6.03 Å². The highest BCUT2D eigenvalue weighted by molar-refractivity contribution is 5.75. The maximum Gasteiger partial charge on any atom is 0.318 e. The molecule has 3 rings (SSSR count). The van der Waals surface area contributed by atoms with Gasteiger partial charge in [0, 0.05) is 44.1 Å². The van der Waals surface area contributed by atoms with Crippen molar-refractivity contribution in [1.82, 2.24) is 20.1 Å². The summed E-state index contributed by atoms with van der Waals surface area (Å²) in [5.41, 5.74) is 1.08. The predicted octanol–water partition coefficient (Wildman–Crippen LogP) is 2.80. The van der Waals surface area contributed by atoms with Gasteiger partial charge in [-0.05, 0) is 51.2 Å². The Hall–Kier alpha value is -1.62. The summed E-state index contributed by atoms with van der Waals surface area (Å²) in [4.78, 5) is 21.3. The third-order valence-corrected chi connectivity index (χ3v) is 5.16. The molecule has 1 aromatic heterocycles. The molecular formula is C18H28N4O. The average molecular weight is 316 g/mol. The molecule has 126 valence electrons. The number of likely N-dealkylation sites (tertiary alicyclic amines) is 1. The second kappa shape index (κ2) is 7.30. The Morgan fingerprint density at radius 1 is 1.39 bits per heavy atom. The lowest BCUT2D eigenvalue weighted by atomic mass is 10.0.